The van der Waals surface area contributed by atoms with Gasteiger partial charge in [-0.15, -0.1) is 0 Å². The highest BCUT2D eigenvalue weighted by atomic mass is 16.5. The second kappa shape index (κ2) is 9.89. The van der Waals surface area contributed by atoms with E-state index in [1.54, 1.807) is 0 Å². The number of aromatic nitrogens is 1. The quantitative estimate of drug-likeness (QED) is 0.416. The van der Waals surface area contributed by atoms with Crippen LogP contribution in [-0.2, 0) is 4.74 Å². The molecule has 0 radical (unpaired) electrons. The number of fused-ring (bicyclic) bond motifs is 3. The predicted octanol–water partition coefficient (Wildman–Crippen LogP) is 3.00. The van der Waals surface area contributed by atoms with E-state index in [1.165, 1.54) is 19.4 Å². The van der Waals surface area contributed by atoms with E-state index in [1.807, 2.05) is 24.3 Å². The van der Waals surface area contributed by atoms with Crippen molar-refractivity contribution < 1.29 is 24.5 Å². The number of hydrogen-bond acceptors (Lipinski definition) is 7. The fourth-order valence-corrected chi connectivity index (χ4v) is 4.17. The number of carbonyl (C=O) groups is 1. The number of amides is 1. The Morgan fingerprint density at radius 1 is 1.12 bits per heavy atom. The van der Waals surface area contributed by atoms with Crippen LogP contribution < -0.4 is 15.8 Å². The molecule has 33 heavy (non-hydrogen) atoms. The van der Waals surface area contributed by atoms with Crippen LogP contribution in [0.5, 0.6) is 5.88 Å². The zero-order chi connectivity index (χ0) is 23.4. The minimum Gasteiger partial charge on any atom is -0.480 e. The summed E-state index contributed by atoms with van der Waals surface area (Å²) >= 11 is 0. The van der Waals surface area contributed by atoms with E-state index in [4.69, 9.17) is 15.2 Å². The summed E-state index contributed by atoms with van der Waals surface area (Å²) in [6.45, 7) is 0.343. The minimum absolute atomic E-state index is 0.0245. The highest BCUT2D eigenvalue weighted by Gasteiger charge is 2.29. The predicted molar refractivity (Wildman–Crippen MR) is 124 cm³/mol. The molecule has 8 nitrogen and oxygen atoms in total. The number of aliphatic hydroxyl groups is 2. The highest BCUT2D eigenvalue weighted by Crippen LogP contribution is 2.44. The van der Waals surface area contributed by atoms with Gasteiger partial charge in [0.15, 0.2) is 0 Å². The molecule has 2 atom stereocenters. The summed E-state index contributed by atoms with van der Waals surface area (Å²) in [6.07, 6.45) is -1.38. The molecule has 0 fully saturated rings. The van der Waals surface area contributed by atoms with E-state index in [9.17, 15) is 15.0 Å². The molecule has 0 spiro atoms. The van der Waals surface area contributed by atoms with Gasteiger partial charge in [-0.1, -0.05) is 48.5 Å². The van der Waals surface area contributed by atoms with Gasteiger partial charge in [0.2, 0.25) is 5.88 Å². The normalized spacial score (nSPS) is 14.2. The first-order valence-electron chi connectivity index (χ1n) is 10.7. The molecular weight excluding hydrogens is 422 g/mol. The van der Waals surface area contributed by atoms with Crippen LogP contribution in [0.2, 0.25) is 0 Å². The lowest BCUT2D eigenvalue weighted by Gasteiger charge is -2.19. The maximum Gasteiger partial charge on any atom is 0.407 e. The molecular formula is C25H27N3O5. The minimum atomic E-state index is -1.20. The number of nitrogens with zero attached hydrogens (tertiary/aromatic N) is 1. The summed E-state index contributed by atoms with van der Waals surface area (Å²) in [6, 6.07) is 17.7. The third-order valence-corrected chi connectivity index (χ3v) is 5.85. The fourth-order valence-electron chi connectivity index (χ4n) is 4.17. The molecule has 5 N–H and O–H groups in total. The third kappa shape index (κ3) is 4.76. The summed E-state index contributed by atoms with van der Waals surface area (Å²) in [5.41, 5.74) is 11.0. The lowest BCUT2D eigenvalue weighted by molar-refractivity contribution is 0.0135. The van der Waals surface area contributed by atoms with Crippen LogP contribution in [0.3, 0.4) is 0 Å². The van der Waals surface area contributed by atoms with Crippen molar-refractivity contribution in [3.8, 4) is 17.0 Å². The number of nitrogens with one attached hydrogen (secondary N) is 1. The van der Waals surface area contributed by atoms with E-state index in [0.717, 1.165) is 22.3 Å². The number of nitrogens with two attached hydrogens (primary N) is 1. The molecule has 1 heterocycles. The smallest absolute Gasteiger partial charge is 0.407 e. The average Bonchev–Trinajstić information content (AvgIpc) is 3.16. The molecule has 1 aliphatic carbocycles. The van der Waals surface area contributed by atoms with Crippen LogP contribution in [0.4, 0.5) is 10.5 Å². The second-order valence-corrected chi connectivity index (χ2v) is 7.92. The molecule has 8 heteroatoms. The van der Waals surface area contributed by atoms with Crippen molar-refractivity contribution >= 4 is 11.8 Å². The van der Waals surface area contributed by atoms with E-state index in [2.05, 4.69) is 34.6 Å². The number of pyridine rings is 1. The van der Waals surface area contributed by atoms with Gasteiger partial charge in [0.05, 0.1) is 18.9 Å². The van der Waals surface area contributed by atoms with E-state index in [0.29, 0.717) is 5.56 Å². The van der Waals surface area contributed by atoms with Crippen molar-refractivity contribution in [2.75, 3.05) is 26.0 Å². The Morgan fingerprint density at radius 3 is 2.36 bits per heavy atom. The Morgan fingerprint density at radius 2 is 1.76 bits per heavy atom. The standard InChI is InChI=1S/C25H27N3O5/c1-32-24-21(26)12-15(13-28-24)23(30)22(29)10-11-27-25(31)33-14-20-18-8-4-2-6-16(18)17-7-3-5-9-19(17)20/h2-9,12-13,20,22-23,29-30H,10-11,14,26H2,1H3,(H,27,31). The maximum absolute atomic E-state index is 12.2. The van der Waals surface area contributed by atoms with Gasteiger partial charge < -0.3 is 30.7 Å². The lowest BCUT2D eigenvalue weighted by atomic mass is 9.98. The first-order chi connectivity index (χ1) is 16.0. The number of carbonyl (C=O) groups excluding carboxylic acids is 1. The molecule has 1 aromatic heterocycles. The van der Waals surface area contributed by atoms with E-state index < -0.39 is 18.3 Å². The Kier molecular flexibility index (Phi) is 6.76. The van der Waals surface area contributed by atoms with Gasteiger partial charge in [-0.2, -0.15) is 0 Å². The van der Waals surface area contributed by atoms with Crippen LogP contribution in [0, 0.1) is 0 Å². The van der Waals surface area contributed by atoms with Gasteiger partial charge >= 0.3 is 6.09 Å². The first kappa shape index (κ1) is 22.6. The number of ether oxygens (including phenoxy) is 2. The molecule has 2 aromatic carbocycles. The van der Waals surface area contributed by atoms with Crippen molar-refractivity contribution in [3.05, 3.63) is 77.5 Å². The number of benzene rings is 2. The maximum atomic E-state index is 12.2. The van der Waals surface area contributed by atoms with Crippen LogP contribution in [-0.4, -0.2) is 47.7 Å². The molecule has 2 unspecified atom stereocenters. The third-order valence-electron chi connectivity index (χ3n) is 5.85. The SMILES string of the molecule is COc1ncc(C(O)C(O)CCNC(=O)OCC2c3ccccc3-c3ccccc32)cc1N. The van der Waals surface area contributed by atoms with Gasteiger partial charge in [0.1, 0.15) is 12.7 Å². The molecule has 0 saturated carbocycles. The molecule has 172 valence electrons. The van der Waals surface area contributed by atoms with Gasteiger partial charge in [-0.05, 0) is 34.7 Å². The number of nitrogen functional groups attached to an aromatic ring is 1. The van der Waals surface area contributed by atoms with Crippen molar-refractivity contribution in [1.82, 2.24) is 10.3 Å². The number of anilines is 1. The van der Waals surface area contributed by atoms with Crippen molar-refractivity contribution in [1.29, 1.82) is 0 Å². The molecule has 0 bridgehead atoms. The molecule has 1 aliphatic rings. The lowest BCUT2D eigenvalue weighted by Crippen LogP contribution is -2.30. The van der Waals surface area contributed by atoms with Gasteiger partial charge in [0, 0.05) is 24.2 Å². The van der Waals surface area contributed by atoms with Gasteiger partial charge in [-0.3, -0.25) is 0 Å². The van der Waals surface area contributed by atoms with Crippen LogP contribution >= 0.6 is 0 Å². The monoisotopic (exact) mass is 449 g/mol. The molecule has 1 amide bonds. The number of hydrogen-bond donors (Lipinski definition) is 4. The number of alkyl carbamates (subject to hydrolysis) is 1. The Hall–Kier alpha value is -3.62. The van der Waals surface area contributed by atoms with Gasteiger partial charge in [-0.25, -0.2) is 9.78 Å². The van der Waals surface area contributed by atoms with Crippen LogP contribution in [0.1, 0.15) is 35.1 Å². The van der Waals surface area contributed by atoms with Crippen molar-refractivity contribution in [2.24, 2.45) is 0 Å². The highest BCUT2D eigenvalue weighted by molar-refractivity contribution is 5.79. The van der Waals surface area contributed by atoms with E-state index >= 15 is 0 Å². The average molecular weight is 450 g/mol. The van der Waals surface area contributed by atoms with Crippen LogP contribution in [0.25, 0.3) is 11.1 Å². The number of aliphatic hydroxyl groups excluding tert-OH is 2. The molecule has 3 aromatic rings. The summed E-state index contributed by atoms with van der Waals surface area (Å²) in [5, 5.41) is 23.3. The summed E-state index contributed by atoms with van der Waals surface area (Å²) in [4.78, 5) is 16.2. The first-order valence-corrected chi connectivity index (χ1v) is 10.7. The van der Waals surface area contributed by atoms with Crippen LogP contribution in [0.15, 0.2) is 60.8 Å². The molecule has 0 saturated heterocycles. The summed E-state index contributed by atoms with van der Waals surface area (Å²) in [5.74, 6) is 0.223. The molecule has 0 aliphatic heterocycles. The number of rotatable bonds is 8. The second-order valence-electron chi connectivity index (χ2n) is 7.92. The Labute approximate surface area is 192 Å². The topological polar surface area (TPSA) is 127 Å². The van der Waals surface area contributed by atoms with E-state index in [-0.39, 0.29) is 37.1 Å². The fraction of sp³-hybridized carbons (Fsp3) is 0.280. The Balaban J connectivity index is 1.28. The Bertz CT molecular complexity index is 1090. The summed E-state index contributed by atoms with van der Waals surface area (Å²) < 4.78 is 10.5. The van der Waals surface area contributed by atoms with Crippen molar-refractivity contribution in [2.45, 2.75) is 24.5 Å². The van der Waals surface area contributed by atoms with Crippen molar-refractivity contribution in [3.63, 3.8) is 0 Å². The summed E-state index contributed by atoms with van der Waals surface area (Å²) in [7, 11) is 1.44. The zero-order valence-corrected chi connectivity index (χ0v) is 18.3. The molecule has 4 rings (SSSR count). The zero-order valence-electron chi connectivity index (χ0n) is 18.3. The number of methoxy groups -OCH3 is 1. The van der Waals surface area contributed by atoms with Gasteiger partial charge in [0.25, 0.3) is 0 Å². The largest absolute Gasteiger partial charge is 0.480 e.